The van der Waals surface area contributed by atoms with Gasteiger partial charge in [-0.05, 0) is 6.92 Å². The molecule has 148 valence electrons. The molecule has 0 saturated carbocycles. The Morgan fingerprint density at radius 2 is 1.58 bits per heavy atom. The largest absolute Gasteiger partial charge is 0.463 e. The second-order valence-electron chi connectivity index (χ2n) is 5.99. The molecule has 0 aromatic rings. The number of fused-ring (bicyclic) bond motifs is 1. The molecule has 2 aliphatic rings. The van der Waals surface area contributed by atoms with Crippen molar-refractivity contribution in [1.82, 2.24) is 0 Å². The van der Waals surface area contributed by atoms with Gasteiger partial charge < -0.3 is 28.4 Å². The smallest absolute Gasteiger partial charge is 0.303 e. The molecule has 10 heteroatoms. The number of hydrogen-bond donors (Lipinski definition) is 0. The third kappa shape index (κ3) is 4.91. The van der Waals surface area contributed by atoms with E-state index in [1.807, 2.05) is 0 Å². The third-order valence-corrected chi connectivity index (χ3v) is 3.73. The van der Waals surface area contributed by atoms with Gasteiger partial charge in [0, 0.05) is 34.3 Å². The van der Waals surface area contributed by atoms with Crippen LogP contribution in [0.4, 0.5) is 0 Å². The molecule has 0 aromatic heterocycles. The van der Waals surface area contributed by atoms with Gasteiger partial charge in [-0.15, -0.1) is 0 Å². The van der Waals surface area contributed by atoms with Gasteiger partial charge in [-0.3, -0.25) is 19.1 Å². The molecule has 2 fully saturated rings. The van der Waals surface area contributed by atoms with Crippen LogP contribution in [-0.4, -0.2) is 67.8 Å². The Balaban J connectivity index is 2.29. The van der Waals surface area contributed by atoms with Crippen LogP contribution in [-0.2, 0) is 47.5 Å². The Hall–Kier alpha value is -1.75. The van der Waals surface area contributed by atoms with E-state index in [-0.39, 0.29) is 6.61 Å². The van der Waals surface area contributed by atoms with Gasteiger partial charge in [0.1, 0.15) is 12.7 Å². The second kappa shape index (κ2) is 8.30. The summed E-state index contributed by atoms with van der Waals surface area (Å²) in [5.74, 6) is -3.18. The lowest BCUT2D eigenvalue weighted by Crippen LogP contribution is -2.60. The van der Waals surface area contributed by atoms with Crippen molar-refractivity contribution in [3.63, 3.8) is 0 Å². The summed E-state index contributed by atoms with van der Waals surface area (Å²) in [5.41, 5.74) is 0. The lowest BCUT2D eigenvalue weighted by atomic mass is 9.98. The van der Waals surface area contributed by atoms with Crippen LogP contribution in [0.25, 0.3) is 0 Å². The van der Waals surface area contributed by atoms with Gasteiger partial charge >= 0.3 is 17.9 Å². The van der Waals surface area contributed by atoms with Crippen molar-refractivity contribution in [2.24, 2.45) is 0 Å². The molecule has 6 atom stereocenters. The van der Waals surface area contributed by atoms with Gasteiger partial charge in [-0.25, -0.2) is 0 Å². The van der Waals surface area contributed by atoms with Crippen molar-refractivity contribution in [2.75, 3.05) is 13.2 Å². The van der Waals surface area contributed by atoms with E-state index in [4.69, 9.17) is 33.2 Å². The first kappa shape index (κ1) is 20.6. The van der Waals surface area contributed by atoms with Gasteiger partial charge in [-0.1, -0.05) is 0 Å². The maximum atomic E-state index is 11.6. The normalized spacial score (nSPS) is 36.1. The van der Waals surface area contributed by atoms with E-state index in [0.29, 0.717) is 6.61 Å². The minimum atomic E-state index is -1.42. The lowest BCUT2D eigenvalue weighted by Gasteiger charge is -2.40. The molecule has 0 amide bonds. The number of ether oxygens (including phenoxy) is 7. The minimum absolute atomic E-state index is 0.219. The highest BCUT2D eigenvalue weighted by Crippen LogP contribution is 2.39. The summed E-state index contributed by atoms with van der Waals surface area (Å²) in [4.78, 5) is 34.2. The quantitative estimate of drug-likeness (QED) is 0.472. The number of carbonyl (C=O) groups is 3. The second-order valence-corrected chi connectivity index (χ2v) is 5.99. The predicted octanol–water partition coefficient (Wildman–Crippen LogP) is 0.263. The summed E-state index contributed by atoms with van der Waals surface area (Å²) in [6.45, 7) is 7.04. The van der Waals surface area contributed by atoms with E-state index in [1.165, 1.54) is 20.8 Å². The van der Waals surface area contributed by atoms with Crippen molar-refractivity contribution in [1.29, 1.82) is 0 Å². The van der Waals surface area contributed by atoms with Crippen molar-refractivity contribution in [3.05, 3.63) is 0 Å². The van der Waals surface area contributed by atoms with E-state index in [0.717, 1.165) is 0 Å². The van der Waals surface area contributed by atoms with Crippen molar-refractivity contribution < 1.29 is 47.5 Å². The zero-order chi connectivity index (χ0) is 19.5. The number of esters is 3. The zero-order valence-electron chi connectivity index (χ0n) is 15.4. The van der Waals surface area contributed by atoms with Gasteiger partial charge in [0.15, 0.2) is 24.6 Å². The van der Waals surface area contributed by atoms with E-state index < -0.39 is 54.6 Å². The molecule has 0 aromatic carbocycles. The molecule has 2 heterocycles. The third-order valence-electron chi connectivity index (χ3n) is 3.73. The predicted molar refractivity (Wildman–Crippen MR) is 82.4 cm³/mol. The van der Waals surface area contributed by atoms with Crippen LogP contribution in [0.3, 0.4) is 0 Å². The Kier molecular flexibility index (Phi) is 6.56. The molecule has 0 aliphatic carbocycles. The van der Waals surface area contributed by atoms with Gasteiger partial charge in [0.25, 0.3) is 5.97 Å². The van der Waals surface area contributed by atoms with Crippen molar-refractivity contribution in [3.8, 4) is 0 Å². The molecule has 2 aliphatic heterocycles. The summed E-state index contributed by atoms with van der Waals surface area (Å²) < 4.78 is 38.2. The molecule has 10 nitrogen and oxygen atoms in total. The van der Waals surface area contributed by atoms with Crippen LogP contribution in [0.5, 0.6) is 0 Å². The first-order valence-corrected chi connectivity index (χ1v) is 8.28. The Bertz CT molecular complexity index is 549. The average molecular weight is 376 g/mol. The topological polar surface area (TPSA) is 116 Å². The number of hydrogen-bond acceptors (Lipinski definition) is 10. The van der Waals surface area contributed by atoms with Crippen molar-refractivity contribution >= 4 is 17.9 Å². The fraction of sp³-hybridized carbons (Fsp3) is 0.812. The Morgan fingerprint density at radius 1 is 0.962 bits per heavy atom. The fourth-order valence-electron chi connectivity index (χ4n) is 2.91. The summed E-state index contributed by atoms with van der Waals surface area (Å²) >= 11 is 0. The SMILES string of the molecule is CCOC1(C)OC2O[C@H](COC(C)=O)[C@@H](OC(C)=O)[C@H](OC(C)=O)[C@@H]2O1. The highest BCUT2D eigenvalue weighted by Gasteiger charge is 2.59. The van der Waals surface area contributed by atoms with Crippen LogP contribution < -0.4 is 0 Å². The number of rotatable bonds is 6. The van der Waals surface area contributed by atoms with Crippen molar-refractivity contribution in [2.45, 2.75) is 71.3 Å². The van der Waals surface area contributed by atoms with E-state index in [2.05, 4.69) is 0 Å². The molecule has 2 saturated heterocycles. The van der Waals surface area contributed by atoms with E-state index in [9.17, 15) is 14.4 Å². The highest BCUT2D eigenvalue weighted by molar-refractivity contribution is 5.67. The van der Waals surface area contributed by atoms with Crippen LogP contribution in [0.15, 0.2) is 0 Å². The molecule has 0 bridgehead atoms. The molecular formula is C16H24O10. The summed E-state index contributed by atoms with van der Waals surface area (Å²) in [7, 11) is 0. The maximum absolute atomic E-state index is 11.6. The van der Waals surface area contributed by atoms with Crippen LogP contribution in [0.1, 0.15) is 34.6 Å². The van der Waals surface area contributed by atoms with Gasteiger partial charge in [0.05, 0.1) is 0 Å². The van der Waals surface area contributed by atoms with Gasteiger partial charge in [0.2, 0.25) is 0 Å². The highest BCUT2D eigenvalue weighted by atomic mass is 16.9. The molecule has 0 spiro atoms. The molecule has 0 N–H and O–H groups in total. The van der Waals surface area contributed by atoms with E-state index >= 15 is 0 Å². The fourth-order valence-corrected chi connectivity index (χ4v) is 2.91. The Labute approximate surface area is 150 Å². The minimum Gasteiger partial charge on any atom is -0.463 e. The first-order chi connectivity index (χ1) is 12.1. The monoisotopic (exact) mass is 376 g/mol. The molecule has 2 rings (SSSR count). The standard InChI is InChI=1S/C16H24O10/c1-6-21-16(5)25-14-13(23-10(4)19)12(22-9(3)18)11(7-20-8(2)17)24-15(14)26-16/h11-15H,6-7H2,1-5H3/t11-,12-,13+,14+,15?,16?/m1/s1. The molecule has 0 radical (unpaired) electrons. The molecular weight excluding hydrogens is 352 g/mol. The van der Waals surface area contributed by atoms with Crippen LogP contribution in [0.2, 0.25) is 0 Å². The molecule has 26 heavy (non-hydrogen) atoms. The van der Waals surface area contributed by atoms with Gasteiger partial charge in [-0.2, -0.15) is 0 Å². The first-order valence-electron chi connectivity index (χ1n) is 8.28. The Morgan fingerprint density at radius 3 is 2.12 bits per heavy atom. The van der Waals surface area contributed by atoms with Crippen LogP contribution >= 0.6 is 0 Å². The maximum Gasteiger partial charge on any atom is 0.303 e. The zero-order valence-corrected chi connectivity index (χ0v) is 15.4. The molecule has 2 unspecified atom stereocenters. The van der Waals surface area contributed by atoms with E-state index in [1.54, 1.807) is 13.8 Å². The summed E-state index contributed by atoms with van der Waals surface area (Å²) in [5, 5.41) is 0. The summed E-state index contributed by atoms with van der Waals surface area (Å²) in [6, 6.07) is 0. The van der Waals surface area contributed by atoms with Crippen LogP contribution in [0, 0.1) is 0 Å². The lowest BCUT2D eigenvalue weighted by molar-refractivity contribution is -0.342. The average Bonchev–Trinajstić information content (AvgIpc) is 2.83. The summed E-state index contributed by atoms with van der Waals surface area (Å²) in [6.07, 6.45) is -4.86. The number of carbonyl (C=O) groups excluding carboxylic acids is 3.